The smallest absolute Gasteiger partial charge is 0.152 e. The molecule has 0 aromatic heterocycles. The number of hydrogen-bond donors (Lipinski definition) is 1. The Kier molecular flexibility index (Phi) is 4.27. The molecule has 1 aromatic rings. The number of aryl methyl sites for hydroxylation is 1. The Balaban J connectivity index is 3.00. The van der Waals surface area contributed by atoms with Crippen molar-refractivity contribution in [3.8, 4) is 0 Å². The van der Waals surface area contributed by atoms with Crippen molar-refractivity contribution >= 4 is 5.69 Å². The third-order valence-electron chi connectivity index (χ3n) is 2.86. The van der Waals surface area contributed by atoms with Crippen molar-refractivity contribution in [2.75, 3.05) is 5.32 Å². The molecule has 0 fully saturated rings. The van der Waals surface area contributed by atoms with E-state index in [4.69, 9.17) is 0 Å². The molecule has 1 unspecified atom stereocenters. The van der Waals surface area contributed by atoms with Crippen LogP contribution in [0.1, 0.15) is 32.8 Å². The molecule has 90 valence electrons. The Morgan fingerprint density at radius 1 is 1.25 bits per heavy atom. The van der Waals surface area contributed by atoms with Crippen molar-refractivity contribution in [3.05, 3.63) is 29.3 Å². The largest absolute Gasteiger partial charge is 0.377 e. The normalized spacial score (nSPS) is 12.9. The molecule has 0 amide bonds. The lowest BCUT2D eigenvalue weighted by Gasteiger charge is -2.23. The summed E-state index contributed by atoms with van der Waals surface area (Å²) in [6.45, 7) is 7.71. The first-order chi connectivity index (χ1) is 7.47. The molecule has 1 aromatic carbocycles. The van der Waals surface area contributed by atoms with Gasteiger partial charge in [-0.25, -0.2) is 8.78 Å². The molecule has 1 N–H and O–H groups in total. The van der Waals surface area contributed by atoms with E-state index in [0.717, 1.165) is 6.42 Å². The predicted octanol–water partition coefficient (Wildman–Crippen LogP) is 4.12. The second-order valence-corrected chi connectivity index (χ2v) is 4.46. The van der Waals surface area contributed by atoms with Gasteiger partial charge in [-0.15, -0.1) is 0 Å². The van der Waals surface area contributed by atoms with Crippen molar-refractivity contribution in [2.24, 2.45) is 5.92 Å². The van der Waals surface area contributed by atoms with Crippen LogP contribution in [0.4, 0.5) is 14.5 Å². The lowest BCUT2D eigenvalue weighted by Crippen LogP contribution is -2.25. The zero-order valence-corrected chi connectivity index (χ0v) is 10.3. The Morgan fingerprint density at radius 2 is 1.88 bits per heavy atom. The van der Waals surface area contributed by atoms with Gasteiger partial charge in [0, 0.05) is 6.04 Å². The van der Waals surface area contributed by atoms with Crippen molar-refractivity contribution in [1.82, 2.24) is 0 Å². The number of halogens is 2. The predicted molar refractivity (Wildman–Crippen MR) is 63.6 cm³/mol. The molecule has 0 radical (unpaired) electrons. The SMILES string of the molecule is CCC(Nc1c(F)ccc(C)c1F)C(C)C. The molecule has 0 aliphatic carbocycles. The van der Waals surface area contributed by atoms with Gasteiger partial charge < -0.3 is 5.32 Å². The Hall–Kier alpha value is -1.12. The molecule has 0 saturated carbocycles. The topological polar surface area (TPSA) is 12.0 Å². The molecule has 0 saturated heterocycles. The maximum absolute atomic E-state index is 13.7. The van der Waals surface area contributed by atoms with E-state index >= 15 is 0 Å². The van der Waals surface area contributed by atoms with Crippen LogP contribution in [0.5, 0.6) is 0 Å². The fraction of sp³-hybridized carbons (Fsp3) is 0.538. The maximum atomic E-state index is 13.7. The average Bonchev–Trinajstić information content (AvgIpc) is 2.23. The molecule has 0 aliphatic heterocycles. The molecule has 0 bridgehead atoms. The van der Waals surface area contributed by atoms with Crippen LogP contribution in [0.25, 0.3) is 0 Å². The quantitative estimate of drug-likeness (QED) is 0.815. The van der Waals surface area contributed by atoms with Gasteiger partial charge in [0.1, 0.15) is 11.5 Å². The van der Waals surface area contributed by atoms with Crippen LogP contribution >= 0.6 is 0 Å². The van der Waals surface area contributed by atoms with Crippen LogP contribution in [-0.2, 0) is 0 Å². The maximum Gasteiger partial charge on any atom is 0.152 e. The van der Waals surface area contributed by atoms with Crippen LogP contribution < -0.4 is 5.32 Å². The molecule has 0 spiro atoms. The van der Waals surface area contributed by atoms with Gasteiger partial charge in [0.2, 0.25) is 0 Å². The van der Waals surface area contributed by atoms with E-state index in [0.29, 0.717) is 11.5 Å². The molecule has 0 heterocycles. The van der Waals surface area contributed by atoms with Crippen LogP contribution in [0.3, 0.4) is 0 Å². The summed E-state index contributed by atoms with van der Waals surface area (Å²) in [5.41, 5.74) is 0.461. The van der Waals surface area contributed by atoms with Crippen molar-refractivity contribution in [2.45, 2.75) is 40.2 Å². The Bertz CT molecular complexity index is 361. The zero-order chi connectivity index (χ0) is 12.3. The molecule has 0 aliphatic rings. The monoisotopic (exact) mass is 227 g/mol. The van der Waals surface area contributed by atoms with Crippen molar-refractivity contribution in [3.63, 3.8) is 0 Å². The van der Waals surface area contributed by atoms with Gasteiger partial charge >= 0.3 is 0 Å². The molecule has 16 heavy (non-hydrogen) atoms. The minimum Gasteiger partial charge on any atom is -0.377 e. The molecule has 1 atom stereocenters. The first-order valence-electron chi connectivity index (χ1n) is 5.68. The third-order valence-corrected chi connectivity index (χ3v) is 2.86. The molecular weight excluding hydrogens is 208 g/mol. The van der Waals surface area contributed by atoms with Crippen LogP contribution in [0.2, 0.25) is 0 Å². The van der Waals surface area contributed by atoms with Crippen LogP contribution in [0, 0.1) is 24.5 Å². The first kappa shape index (κ1) is 12.9. The molecule has 1 rings (SSSR count). The summed E-state index contributed by atoms with van der Waals surface area (Å²) in [6, 6.07) is 2.84. The van der Waals surface area contributed by atoms with Crippen molar-refractivity contribution in [1.29, 1.82) is 0 Å². The number of rotatable bonds is 4. The zero-order valence-electron chi connectivity index (χ0n) is 10.3. The van der Waals surface area contributed by atoms with Gasteiger partial charge in [-0.3, -0.25) is 0 Å². The van der Waals surface area contributed by atoms with E-state index in [1.54, 1.807) is 6.92 Å². The van der Waals surface area contributed by atoms with Gasteiger partial charge in [-0.1, -0.05) is 26.8 Å². The summed E-state index contributed by atoms with van der Waals surface area (Å²) >= 11 is 0. The van der Waals surface area contributed by atoms with E-state index in [2.05, 4.69) is 5.32 Å². The summed E-state index contributed by atoms with van der Waals surface area (Å²) < 4.78 is 27.2. The average molecular weight is 227 g/mol. The molecule has 1 nitrogen and oxygen atoms in total. The van der Waals surface area contributed by atoms with Crippen LogP contribution in [0.15, 0.2) is 12.1 Å². The van der Waals surface area contributed by atoms with Crippen LogP contribution in [-0.4, -0.2) is 6.04 Å². The number of hydrogen-bond acceptors (Lipinski definition) is 1. The molecular formula is C13H19F2N. The fourth-order valence-electron chi connectivity index (χ4n) is 1.71. The molecule has 3 heteroatoms. The van der Waals surface area contributed by atoms with Crippen molar-refractivity contribution < 1.29 is 8.78 Å². The standard InChI is InChI=1S/C13H19F2N/c1-5-11(8(2)3)16-13-10(14)7-6-9(4)12(13)15/h6-8,11,16H,5H2,1-4H3. The Labute approximate surface area is 95.9 Å². The van der Waals surface area contributed by atoms with E-state index < -0.39 is 11.6 Å². The summed E-state index contributed by atoms with van der Waals surface area (Å²) in [7, 11) is 0. The lowest BCUT2D eigenvalue weighted by molar-refractivity contribution is 0.499. The summed E-state index contributed by atoms with van der Waals surface area (Å²) in [6.07, 6.45) is 0.838. The summed E-state index contributed by atoms with van der Waals surface area (Å²) in [5.74, 6) is -0.675. The van der Waals surface area contributed by atoms with Gasteiger partial charge in [-0.05, 0) is 30.9 Å². The van der Waals surface area contributed by atoms with E-state index in [1.807, 2.05) is 20.8 Å². The van der Waals surface area contributed by atoms with Gasteiger partial charge in [0.15, 0.2) is 5.82 Å². The van der Waals surface area contributed by atoms with Gasteiger partial charge in [0.05, 0.1) is 0 Å². The minimum atomic E-state index is -0.526. The number of anilines is 1. The number of benzene rings is 1. The minimum absolute atomic E-state index is 0.000509. The highest BCUT2D eigenvalue weighted by molar-refractivity contribution is 5.49. The number of nitrogens with one attached hydrogen (secondary N) is 1. The Morgan fingerprint density at radius 3 is 2.38 bits per heavy atom. The highest BCUT2D eigenvalue weighted by Gasteiger charge is 2.17. The third kappa shape index (κ3) is 2.71. The second kappa shape index (κ2) is 5.28. The van der Waals surface area contributed by atoms with E-state index in [9.17, 15) is 8.78 Å². The highest BCUT2D eigenvalue weighted by atomic mass is 19.1. The van der Waals surface area contributed by atoms with E-state index in [1.165, 1.54) is 12.1 Å². The fourth-order valence-corrected chi connectivity index (χ4v) is 1.71. The summed E-state index contributed by atoms with van der Waals surface area (Å²) in [4.78, 5) is 0. The van der Waals surface area contributed by atoms with Gasteiger partial charge in [0.25, 0.3) is 0 Å². The highest BCUT2D eigenvalue weighted by Crippen LogP contribution is 2.24. The second-order valence-electron chi connectivity index (χ2n) is 4.46. The van der Waals surface area contributed by atoms with E-state index in [-0.39, 0.29) is 11.7 Å². The summed E-state index contributed by atoms with van der Waals surface area (Å²) in [5, 5.41) is 2.96. The lowest BCUT2D eigenvalue weighted by atomic mass is 10.0. The van der Waals surface area contributed by atoms with Gasteiger partial charge in [-0.2, -0.15) is 0 Å². The first-order valence-corrected chi connectivity index (χ1v) is 5.68.